The lowest BCUT2D eigenvalue weighted by molar-refractivity contribution is -0.132. The number of carbonyl (C=O) groups excluding carboxylic acids is 2. The maximum atomic E-state index is 13.4. The van der Waals surface area contributed by atoms with Gasteiger partial charge in [-0.1, -0.05) is 31.5 Å². The third-order valence-corrected chi connectivity index (χ3v) is 7.84. The smallest absolute Gasteiger partial charge is 0.251 e. The summed E-state index contributed by atoms with van der Waals surface area (Å²) in [5.41, 5.74) is 8.77. The Labute approximate surface area is 216 Å². The van der Waals surface area contributed by atoms with E-state index < -0.39 is 17.7 Å². The number of aliphatic hydroxyl groups is 1. The number of fused-ring (bicyclic) bond motifs is 2. The van der Waals surface area contributed by atoms with E-state index in [4.69, 9.17) is 20.2 Å². The van der Waals surface area contributed by atoms with Gasteiger partial charge in [0.25, 0.3) is 5.91 Å². The minimum atomic E-state index is -0.883. The predicted molar refractivity (Wildman–Crippen MR) is 139 cm³/mol. The Kier molecular flexibility index (Phi) is 6.58. The number of nitrogens with two attached hydrogens (primary N) is 1. The molecule has 2 aromatic carbocycles. The highest BCUT2D eigenvalue weighted by molar-refractivity contribution is 6.00. The number of aliphatic hydroxyl groups excluding tert-OH is 1. The standard InChI is InChI=1S/C28H34N4O5/c1-4-28(5-2)14-24(34)32(27(29)31-28)20-10-11-36-22-9-7-17(13-18(20)22)26(35)30-25-19-12-16(3)6-8-23(19)37-15-21(25)33/h6-9,12-13,20-21,25,33H,4-5,10-11,14-15H2,1-3H3,(H2,29,31)(H,30,35)/t20-,21+,25+/m1/s1. The largest absolute Gasteiger partial charge is 0.493 e. The number of carbonyl (C=O) groups is 2. The highest BCUT2D eigenvalue weighted by Gasteiger charge is 2.42. The summed E-state index contributed by atoms with van der Waals surface area (Å²) in [7, 11) is 0. The third kappa shape index (κ3) is 4.52. The molecule has 3 aliphatic rings. The van der Waals surface area contributed by atoms with Crippen molar-refractivity contribution in [2.45, 2.75) is 70.2 Å². The summed E-state index contributed by atoms with van der Waals surface area (Å²) in [5, 5.41) is 13.6. The van der Waals surface area contributed by atoms with Crippen LogP contribution in [0.1, 0.15) is 78.7 Å². The van der Waals surface area contributed by atoms with Crippen LogP contribution in [-0.4, -0.2) is 52.6 Å². The molecule has 0 aromatic heterocycles. The summed E-state index contributed by atoms with van der Waals surface area (Å²) in [6.45, 7) is 6.51. The van der Waals surface area contributed by atoms with Gasteiger partial charge in [0.1, 0.15) is 24.2 Å². The number of hydrogen-bond acceptors (Lipinski definition) is 7. The van der Waals surface area contributed by atoms with E-state index >= 15 is 0 Å². The number of nitrogens with one attached hydrogen (secondary N) is 1. The van der Waals surface area contributed by atoms with Gasteiger partial charge in [-0.25, -0.2) is 4.99 Å². The molecule has 2 amide bonds. The molecule has 37 heavy (non-hydrogen) atoms. The van der Waals surface area contributed by atoms with Gasteiger partial charge < -0.3 is 25.6 Å². The molecule has 0 fully saturated rings. The number of rotatable bonds is 5. The van der Waals surface area contributed by atoms with Crippen LogP contribution in [-0.2, 0) is 4.79 Å². The second kappa shape index (κ2) is 9.70. The fourth-order valence-electron chi connectivity index (χ4n) is 5.53. The Morgan fingerprint density at radius 3 is 2.62 bits per heavy atom. The summed E-state index contributed by atoms with van der Waals surface area (Å²) in [6, 6.07) is 9.89. The van der Waals surface area contributed by atoms with Crippen molar-refractivity contribution in [2.75, 3.05) is 13.2 Å². The second-order valence-electron chi connectivity index (χ2n) is 10.1. The Morgan fingerprint density at radius 1 is 1.16 bits per heavy atom. The molecule has 196 valence electrons. The van der Waals surface area contributed by atoms with E-state index in [0.717, 1.165) is 29.5 Å². The zero-order chi connectivity index (χ0) is 26.3. The summed E-state index contributed by atoms with van der Waals surface area (Å²) < 4.78 is 11.5. The van der Waals surface area contributed by atoms with E-state index in [1.54, 1.807) is 23.1 Å². The SMILES string of the molecule is CCC1(CC)CC(=O)N([C@@H]2CCOc3ccc(C(=O)N[C@H]4c5cc(C)ccc5OC[C@@H]4O)cc32)C(N)=N1. The predicted octanol–water partition coefficient (Wildman–Crippen LogP) is 3.15. The Balaban J connectivity index is 1.44. The molecular formula is C28H34N4O5. The molecule has 4 N–H and O–H groups in total. The number of aliphatic imine (C=N–C) groups is 1. The average molecular weight is 507 g/mol. The van der Waals surface area contributed by atoms with Crippen molar-refractivity contribution in [2.24, 2.45) is 10.7 Å². The molecule has 9 heteroatoms. The first-order valence-corrected chi connectivity index (χ1v) is 12.9. The van der Waals surface area contributed by atoms with Gasteiger partial charge >= 0.3 is 0 Å². The molecule has 2 aromatic rings. The van der Waals surface area contributed by atoms with E-state index in [1.165, 1.54) is 0 Å². The van der Waals surface area contributed by atoms with E-state index in [-0.39, 0.29) is 30.4 Å². The number of ether oxygens (including phenoxy) is 2. The number of guanidine groups is 1. The lowest BCUT2D eigenvalue weighted by Crippen LogP contribution is -2.53. The van der Waals surface area contributed by atoms with Crippen LogP contribution < -0.4 is 20.5 Å². The number of benzene rings is 2. The van der Waals surface area contributed by atoms with Gasteiger partial charge in [-0.05, 0) is 44.0 Å². The molecule has 0 spiro atoms. The molecule has 9 nitrogen and oxygen atoms in total. The Morgan fingerprint density at radius 2 is 1.89 bits per heavy atom. The van der Waals surface area contributed by atoms with Crippen LogP contribution in [0.4, 0.5) is 0 Å². The topological polar surface area (TPSA) is 126 Å². The molecule has 0 bridgehead atoms. The average Bonchev–Trinajstić information content (AvgIpc) is 2.89. The van der Waals surface area contributed by atoms with Crippen LogP contribution in [0.2, 0.25) is 0 Å². The van der Waals surface area contributed by atoms with E-state index in [9.17, 15) is 14.7 Å². The normalized spacial score (nSPS) is 24.2. The first kappa shape index (κ1) is 25.1. The van der Waals surface area contributed by atoms with Crippen molar-refractivity contribution in [3.63, 3.8) is 0 Å². The quantitative estimate of drug-likeness (QED) is 0.572. The summed E-state index contributed by atoms with van der Waals surface area (Å²) in [6.07, 6.45) is 1.43. The monoisotopic (exact) mass is 506 g/mol. The number of nitrogens with zero attached hydrogens (tertiary/aromatic N) is 2. The van der Waals surface area contributed by atoms with Gasteiger partial charge in [0, 0.05) is 23.1 Å². The highest BCUT2D eigenvalue weighted by Crippen LogP contribution is 2.40. The molecule has 3 heterocycles. The molecule has 0 unspecified atom stereocenters. The number of aryl methyl sites for hydroxylation is 1. The molecule has 0 aliphatic carbocycles. The number of hydrogen-bond donors (Lipinski definition) is 3. The van der Waals surface area contributed by atoms with Crippen LogP contribution in [0, 0.1) is 6.92 Å². The molecule has 3 aliphatic heterocycles. The molecule has 0 radical (unpaired) electrons. The summed E-state index contributed by atoms with van der Waals surface area (Å²) >= 11 is 0. The lowest BCUT2D eigenvalue weighted by atomic mass is 9.87. The second-order valence-corrected chi connectivity index (χ2v) is 10.1. The Hall–Kier alpha value is -3.59. The van der Waals surface area contributed by atoms with E-state index in [2.05, 4.69) is 5.32 Å². The molecule has 5 rings (SSSR count). The zero-order valence-electron chi connectivity index (χ0n) is 21.5. The summed E-state index contributed by atoms with van der Waals surface area (Å²) in [4.78, 5) is 33.0. The van der Waals surface area contributed by atoms with Crippen molar-refractivity contribution in [1.82, 2.24) is 10.2 Å². The summed E-state index contributed by atoms with van der Waals surface area (Å²) in [5.74, 6) is 1.07. The van der Waals surface area contributed by atoms with Crippen LogP contribution in [0.3, 0.4) is 0 Å². The fraction of sp³-hybridized carbons (Fsp3) is 0.464. The maximum Gasteiger partial charge on any atom is 0.251 e. The van der Waals surface area contributed by atoms with Gasteiger partial charge in [0.15, 0.2) is 5.96 Å². The van der Waals surface area contributed by atoms with Crippen molar-refractivity contribution in [1.29, 1.82) is 0 Å². The van der Waals surface area contributed by atoms with E-state index in [1.807, 2.05) is 39.0 Å². The van der Waals surface area contributed by atoms with Crippen LogP contribution in [0.15, 0.2) is 41.4 Å². The van der Waals surface area contributed by atoms with Gasteiger partial charge in [0.05, 0.1) is 30.7 Å². The first-order chi connectivity index (χ1) is 17.7. The van der Waals surface area contributed by atoms with Crippen molar-refractivity contribution in [3.05, 3.63) is 58.7 Å². The highest BCUT2D eigenvalue weighted by atomic mass is 16.5. The van der Waals surface area contributed by atoms with Crippen molar-refractivity contribution in [3.8, 4) is 11.5 Å². The van der Waals surface area contributed by atoms with Gasteiger partial charge in [0.2, 0.25) is 5.91 Å². The molecule has 3 atom stereocenters. The molecule has 0 saturated carbocycles. The van der Waals surface area contributed by atoms with Crippen LogP contribution in [0.25, 0.3) is 0 Å². The van der Waals surface area contributed by atoms with Crippen LogP contribution in [0.5, 0.6) is 11.5 Å². The van der Waals surface area contributed by atoms with Gasteiger partial charge in [-0.2, -0.15) is 0 Å². The minimum absolute atomic E-state index is 0.0683. The minimum Gasteiger partial charge on any atom is -0.493 e. The van der Waals surface area contributed by atoms with Gasteiger partial charge in [-0.15, -0.1) is 0 Å². The Bertz CT molecular complexity index is 1260. The van der Waals surface area contributed by atoms with Crippen LogP contribution >= 0.6 is 0 Å². The van der Waals surface area contributed by atoms with Crippen molar-refractivity contribution >= 4 is 17.8 Å². The molecule has 0 saturated heterocycles. The fourth-order valence-corrected chi connectivity index (χ4v) is 5.53. The molecular weight excluding hydrogens is 472 g/mol. The van der Waals surface area contributed by atoms with Crippen molar-refractivity contribution < 1.29 is 24.2 Å². The maximum absolute atomic E-state index is 13.4. The van der Waals surface area contributed by atoms with Gasteiger partial charge in [-0.3, -0.25) is 14.5 Å². The first-order valence-electron chi connectivity index (χ1n) is 12.9. The lowest BCUT2D eigenvalue weighted by Gasteiger charge is -2.41. The number of amides is 2. The third-order valence-electron chi connectivity index (χ3n) is 7.84. The zero-order valence-corrected chi connectivity index (χ0v) is 21.5. The van der Waals surface area contributed by atoms with E-state index in [0.29, 0.717) is 36.5 Å².